The molecule has 2 aromatic rings. The Morgan fingerprint density at radius 2 is 1.68 bits per heavy atom. The van der Waals surface area contributed by atoms with Crippen molar-refractivity contribution in [2.45, 2.75) is 19.8 Å². The lowest BCUT2D eigenvalue weighted by Crippen LogP contribution is -2.54. The molecule has 162 valence electrons. The lowest BCUT2D eigenvalue weighted by atomic mass is 10.1. The fourth-order valence-corrected chi connectivity index (χ4v) is 3.01. The average molecular weight is 424 g/mol. The monoisotopic (exact) mass is 424 g/mol. The van der Waals surface area contributed by atoms with Gasteiger partial charge >= 0.3 is 6.03 Å². The van der Waals surface area contributed by atoms with Crippen molar-refractivity contribution < 1.29 is 28.6 Å². The van der Waals surface area contributed by atoms with Gasteiger partial charge < -0.3 is 14.2 Å². The second-order valence-corrected chi connectivity index (χ2v) is 6.76. The standard InChI is InChI=1S/C23H24N2O6/c1-4-5-12-31-17-10-7-16(8-11-17)25-22(27)19(21(26)24-23(25)28)13-15-6-9-18(29-2)14-20(15)30-3/h6-11,13-14H,4-5,12H2,1-3H3,(H,24,26,28)/b19-13-. The Balaban J connectivity index is 1.89. The number of rotatable bonds is 8. The van der Waals surface area contributed by atoms with Crippen LogP contribution in [0.3, 0.4) is 0 Å². The van der Waals surface area contributed by atoms with Crippen LogP contribution in [-0.4, -0.2) is 38.7 Å². The predicted molar refractivity (Wildman–Crippen MR) is 115 cm³/mol. The van der Waals surface area contributed by atoms with E-state index in [1.165, 1.54) is 20.3 Å². The molecule has 1 heterocycles. The first-order chi connectivity index (χ1) is 15.0. The Labute approximate surface area is 180 Å². The van der Waals surface area contributed by atoms with E-state index in [0.29, 0.717) is 35.1 Å². The van der Waals surface area contributed by atoms with Gasteiger partial charge in [0.05, 0.1) is 26.5 Å². The summed E-state index contributed by atoms with van der Waals surface area (Å²) in [4.78, 5) is 38.7. The number of nitrogens with zero attached hydrogens (tertiary/aromatic N) is 1. The van der Waals surface area contributed by atoms with Crippen molar-refractivity contribution in [3.05, 3.63) is 53.6 Å². The Morgan fingerprint density at radius 1 is 0.968 bits per heavy atom. The molecule has 31 heavy (non-hydrogen) atoms. The molecule has 1 N–H and O–H groups in total. The summed E-state index contributed by atoms with van der Waals surface area (Å²) < 4.78 is 16.1. The van der Waals surface area contributed by atoms with Crippen LogP contribution < -0.4 is 24.4 Å². The number of methoxy groups -OCH3 is 2. The molecule has 8 nitrogen and oxygen atoms in total. The molecule has 3 rings (SSSR count). The van der Waals surface area contributed by atoms with E-state index in [9.17, 15) is 14.4 Å². The van der Waals surface area contributed by atoms with Crippen LogP contribution >= 0.6 is 0 Å². The number of amides is 4. The molecule has 8 heteroatoms. The highest BCUT2D eigenvalue weighted by Crippen LogP contribution is 2.29. The highest BCUT2D eigenvalue weighted by atomic mass is 16.5. The molecule has 1 fully saturated rings. The first kappa shape index (κ1) is 21.9. The van der Waals surface area contributed by atoms with Crippen LogP contribution in [0.2, 0.25) is 0 Å². The largest absolute Gasteiger partial charge is 0.497 e. The normalized spacial score (nSPS) is 15.1. The minimum Gasteiger partial charge on any atom is -0.497 e. The molecule has 0 radical (unpaired) electrons. The number of hydrogen-bond donors (Lipinski definition) is 1. The Bertz CT molecular complexity index is 1010. The minimum absolute atomic E-state index is 0.189. The van der Waals surface area contributed by atoms with Gasteiger partial charge in [-0.2, -0.15) is 0 Å². The van der Waals surface area contributed by atoms with Crippen molar-refractivity contribution in [3.63, 3.8) is 0 Å². The van der Waals surface area contributed by atoms with Crippen molar-refractivity contribution in [3.8, 4) is 17.2 Å². The van der Waals surface area contributed by atoms with Gasteiger partial charge in [0, 0.05) is 11.6 Å². The van der Waals surface area contributed by atoms with Gasteiger partial charge in [-0.3, -0.25) is 14.9 Å². The predicted octanol–water partition coefficient (Wildman–Crippen LogP) is 3.55. The summed E-state index contributed by atoms with van der Waals surface area (Å²) in [6.45, 7) is 2.66. The van der Waals surface area contributed by atoms with Crippen LogP contribution in [0.1, 0.15) is 25.3 Å². The molecule has 4 amide bonds. The SMILES string of the molecule is CCCCOc1ccc(N2C(=O)NC(=O)/C(=C/c3ccc(OC)cc3OC)C2=O)cc1. The van der Waals surface area contributed by atoms with E-state index in [1.54, 1.807) is 42.5 Å². The third-order valence-electron chi connectivity index (χ3n) is 4.70. The van der Waals surface area contributed by atoms with E-state index in [-0.39, 0.29) is 5.57 Å². The zero-order chi connectivity index (χ0) is 22.4. The summed E-state index contributed by atoms with van der Waals surface area (Å²) in [5.41, 5.74) is 0.632. The maximum Gasteiger partial charge on any atom is 0.335 e. The van der Waals surface area contributed by atoms with E-state index in [4.69, 9.17) is 14.2 Å². The zero-order valence-electron chi connectivity index (χ0n) is 17.6. The quantitative estimate of drug-likeness (QED) is 0.396. The van der Waals surface area contributed by atoms with Gasteiger partial charge in [-0.25, -0.2) is 9.69 Å². The molecule has 1 aliphatic rings. The van der Waals surface area contributed by atoms with Crippen molar-refractivity contribution in [1.82, 2.24) is 5.32 Å². The number of carbonyl (C=O) groups is 3. The van der Waals surface area contributed by atoms with Crippen molar-refractivity contribution in [2.75, 3.05) is 25.7 Å². The molecule has 0 saturated carbocycles. The Morgan fingerprint density at radius 3 is 2.32 bits per heavy atom. The lowest BCUT2D eigenvalue weighted by Gasteiger charge is -2.26. The number of anilines is 1. The number of benzene rings is 2. The average Bonchev–Trinajstić information content (AvgIpc) is 2.77. The van der Waals surface area contributed by atoms with Gasteiger partial charge in [0.2, 0.25) is 0 Å². The van der Waals surface area contributed by atoms with Crippen molar-refractivity contribution in [1.29, 1.82) is 0 Å². The molecule has 0 spiro atoms. The molecule has 0 aromatic heterocycles. The smallest absolute Gasteiger partial charge is 0.335 e. The summed E-state index contributed by atoms with van der Waals surface area (Å²) >= 11 is 0. The summed E-state index contributed by atoms with van der Waals surface area (Å²) in [6, 6.07) is 10.7. The van der Waals surface area contributed by atoms with Gasteiger partial charge in [-0.05, 0) is 48.9 Å². The van der Waals surface area contributed by atoms with Gasteiger partial charge in [0.25, 0.3) is 11.8 Å². The summed E-state index contributed by atoms with van der Waals surface area (Å²) in [6.07, 6.45) is 3.33. The van der Waals surface area contributed by atoms with E-state index in [2.05, 4.69) is 12.2 Å². The zero-order valence-corrected chi connectivity index (χ0v) is 17.6. The number of nitrogens with one attached hydrogen (secondary N) is 1. The maximum absolute atomic E-state index is 13.0. The molecule has 0 aliphatic carbocycles. The maximum atomic E-state index is 13.0. The first-order valence-corrected chi connectivity index (χ1v) is 9.84. The second kappa shape index (κ2) is 9.80. The van der Waals surface area contributed by atoms with E-state index in [0.717, 1.165) is 17.7 Å². The third kappa shape index (κ3) is 4.85. The van der Waals surface area contributed by atoms with E-state index in [1.807, 2.05) is 0 Å². The Kier molecular flexibility index (Phi) is 6.92. The highest BCUT2D eigenvalue weighted by molar-refractivity contribution is 6.39. The molecule has 0 atom stereocenters. The van der Waals surface area contributed by atoms with Gasteiger partial charge in [0.15, 0.2) is 0 Å². The molecule has 2 aromatic carbocycles. The number of urea groups is 1. The molecular formula is C23H24N2O6. The topological polar surface area (TPSA) is 94.2 Å². The Hall–Kier alpha value is -3.81. The minimum atomic E-state index is -0.812. The number of imide groups is 2. The summed E-state index contributed by atoms with van der Waals surface area (Å²) in [5, 5.41) is 2.21. The lowest BCUT2D eigenvalue weighted by molar-refractivity contribution is -0.122. The van der Waals surface area contributed by atoms with Crippen LogP contribution in [-0.2, 0) is 9.59 Å². The number of barbiturate groups is 1. The summed E-state index contributed by atoms with van der Waals surface area (Å²) in [7, 11) is 2.99. The number of hydrogen-bond acceptors (Lipinski definition) is 6. The molecule has 0 unspecified atom stereocenters. The van der Waals surface area contributed by atoms with Crippen LogP contribution in [0.4, 0.5) is 10.5 Å². The van der Waals surface area contributed by atoms with E-state index < -0.39 is 17.8 Å². The van der Waals surface area contributed by atoms with Gasteiger partial charge in [0.1, 0.15) is 22.8 Å². The summed E-state index contributed by atoms with van der Waals surface area (Å²) in [5.74, 6) is 0.118. The number of carbonyl (C=O) groups excluding carboxylic acids is 3. The third-order valence-corrected chi connectivity index (χ3v) is 4.70. The molecular weight excluding hydrogens is 400 g/mol. The van der Waals surface area contributed by atoms with Crippen LogP contribution in [0.5, 0.6) is 17.2 Å². The van der Waals surface area contributed by atoms with E-state index >= 15 is 0 Å². The number of unbranched alkanes of at least 4 members (excludes halogenated alkanes) is 1. The van der Waals surface area contributed by atoms with Crippen molar-refractivity contribution in [2.24, 2.45) is 0 Å². The molecule has 1 saturated heterocycles. The molecule has 0 bridgehead atoms. The number of ether oxygens (including phenoxy) is 3. The highest BCUT2D eigenvalue weighted by Gasteiger charge is 2.37. The molecule has 1 aliphatic heterocycles. The second-order valence-electron chi connectivity index (χ2n) is 6.76. The van der Waals surface area contributed by atoms with Gasteiger partial charge in [-0.15, -0.1) is 0 Å². The van der Waals surface area contributed by atoms with Crippen LogP contribution in [0, 0.1) is 0 Å². The van der Waals surface area contributed by atoms with Crippen LogP contribution in [0.25, 0.3) is 6.08 Å². The van der Waals surface area contributed by atoms with Crippen LogP contribution in [0.15, 0.2) is 48.0 Å². The first-order valence-electron chi connectivity index (χ1n) is 9.84. The fourth-order valence-electron chi connectivity index (χ4n) is 3.01. The van der Waals surface area contributed by atoms with Crippen molar-refractivity contribution >= 4 is 29.6 Å². The fraction of sp³-hybridized carbons (Fsp3) is 0.261. The van der Waals surface area contributed by atoms with Gasteiger partial charge in [-0.1, -0.05) is 13.3 Å².